The zero-order chi connectivity index (χ0) is 26.8. The van der Waals surface area contributed by atoms with Crippen LogP contribution in [-0.4, -0.2) is 33.9 Å². The summed E-state index contributed by atoms with van der Waals surface area (Å²) in [5, 5.41) is 4.30. The van der Waals surface area contributed by atoms with Gasteiger partial charge in [-0.15, -0.1) is 0 Å². The molecule has 0 amide bonds. The van der Waals surface area contributed by atoms with E-state index in [9.17, 15) is 8.42 Å². The number of fused-ring (bicyclic) bond motifs is 1. The fraction of sp³-hybridized carbons (Fsp3) is 0.172. The minimum absolute atomic E-state index is 0.0506. The molecule has 0 fully saturated rings. The topological polar surface area (TPSA) is 110 Å². The summed E-state index contributed by atoms with van der Waals surface area (Å²) in [4.78, 5) is 18.3. The van der Waals surface area contributed by atoms with E-state index in [1.807, 2.05) is 66.7 Å². The van der Waals surface area contributed by atoms with Gasteiger partial charge in [0.1, 0.15) is 10.7 Å². The molecule has 3 heterocycles. The summed E-state index contributed by atoms with van der Waals surface area (Å²) in [5.74, 6) is 0.989. The second kappa shape index (κ2) is 10.3. The van der Waals surface area contributed by atoms with E-state index >= 15 is 0 Å². The molecule has 0 saturated carbocycles. The number of nitrogens with one attached hydrogen (secondary N) is 2. The Morgan fingerprint density at radius 1 is 0.842 bits per heavy atom. The maximum atomic E-state index is 13.0. The van der Waals surface area contributed by atoms with Gasteiger partial charge in [-0.1, -0.05) is 48.5 Å². The molecule has 5 aromatic rings. The number of pyridine rings is 2. The normalized spacial score (nSPS) is 12.0. The van der Waals surface area contributed by atoms with Crippen LogP contribution in [0, 0.1) is 0 Å². The van der Waals surface area contributed by atoms with Crippen molar-refractivity contribution in [1.82, 2.24) is 24.7 Å². The highest BCUT2D eigenvalue weighted by Gasteiger charge is 2.23. The second-order valence-electron chi connectivity index (χ2n) is 9.90. The van der Waals surface area contributed by atoms with Gasteiger partial charge in [0.25, 0.3) is 0 Å². The zero-order valence-corrected chi connectivity index (χ0v) is 22.2. The van der Waals surface area contributed by atoms with Crippen molar-refractivity contribution in [2.75, 3.05) is 5.32 Å². The third-order valence-corrected chi connectivity index (χ3v) is 7.42. The van der Waals surface area contributed by atoms with Crippen LogP contribution in [0.3, 0.4) is 0 Å². The molecule has 38 heavy (non-hydrogen) atoms. The molecule has 2 N–H and O–H groups in total. The summed E-state index contributed by atoms with van der Waals surface area (Å²) >= 11 is 0. The minimum Gasteiger partial charge on any atom is -0.364 e. The first-order valence-corrected chi connectivity index (χ1v) is 13.7. The molecule has 9 heteroatoms. The van der Waals surface area contributed by atoms with Crippen molar-refractivity contribution >= 4 is 26.7 Å². The van der Waals surface area contributed by atoms with Crippen LogP contribution in [0.4, 0.5) is 5.82 Å². The third-order valence-electron chi connectivity index (χ3n) is 5.69. The predicted octanol–water partition coefficient (Wildman–Crippen LogP) is 5.44. The lowest BCUT2D eigenvalue weighted by molar-refractivity contribution is 0.491. The molecule has 5 rings (SSSR count). The zero-order valence-electron chi connectivity index (χ0n) is 21.4. The van der Waals surface area contributed by atoms with Gasteiger partial charge in [0.05, 0.1) is 23.1 Å². The summed E-state index contributed by atoms with van der Waals surface area (Å²) in [6.07, 6.45) is 4.65. The molecule has 0 radical (unpaired) electrons. The average Bonchev–Trinajstić information content (AvgIpc) is 2.91. The van der Waals surface area contributed by atoms with Crippen LogP contribution in [0.5, 0.6) is 0 Å². The lowest BCUT2D eigenvalue weighted by atomic mass is 10.0. The van der Waals surface area contributed by atoms with Gasteiger partial charge in [-0.2, -0.15) is 0 Å². The molecule has 0 aliphatic rings. The van der Waals surface area contributed by atoms with Gasteiger partial charge in [-0.25, -0.2) is 23.1 Å². The van der Waals surface area contributed by atoms with Crippen molar-refractivity contribution in [2.45, 2.75) is 37.8 Å². The Balaban J connectivity index is 1.64. The van der Waals surface area contributed by atoms with Crippen molar-refractivity contribution < 1.29 is 8.42 Å². The van der Waals surface area contributed by atoms with Gasteiger partial charge in [-0.3, -0.25) is 9.97 Å². The summed E-state index contributed by atoms with van der Waals surface area (Å²) in [6, 6.07) is 23.3. The molecule has 0 saturated heterocycles. The fourth-order valence-corrected chi connectivity index (χ4v) is 5.53. The maximum absolute atomic E-state index is 13.0. The van der Waals surface area contributed by atoms with E-state index < -0.39 is 15.6 Å². The fourth-order valence-electron chi connectivity index (χ4n) is 4.13. The Bertz CT molecular complexity index is 1690. The van der Waals surface area contributed by atoms with Crippen LogP contribution in [0.25, 0.3) is 33.4 Å². The van der Waals surface area contributed by atoms with E-state index in [0.717, 1.165) is 27.7 Å². The summed E-state index contributed by atoms with van der Waals surface area (Å²) in [5.41, 5.74) is 3.47. The van der Waals surface area contributed by atoms with Gasteiger partial charge in [-0.05, 0) is 56.2 Å². The van der Waals surface area contributed by atoms with E-state index in [4.69, 9.17) is 9.97 Å². The number of benzene rings is 2. The maximum Gasteiger partial charge on any atom is 0.242 e. The van der Waals surface area contributed by atoms with Crippen LogP contribution >= 0.6 is 0 Å². The van der Waals surface area contributed by atoms with Crippen molar-refractivity contribution in [3.63, 3.8) is 0 Å². The summed E-state index contributed by atoms with van der Waals surface area (Å²) in [7, 11) is -3.78. The average molecular weight is 525 g/mol. The molecule has 0 atom stereocenters. The number of hydrogen-bond donors (Lipinski definition) is 2. The van der Waals surface area contributed by atoms with Gasteiger partial charge < -0.3 is 5.32 Å². The van der Waals surface area contributed by atoms with E-state index in [1.165, 1.54) is 6.20 Å². The Labute approximate surface area is 222 Å². The van der Waals surface area contributed by atoms with Crippen LogP contribution in [-0.2, 0) is 16.6 Å². The van der Waals surface area contributed by atoms with E-state index in [-0.39, 0.29) is 4.90 Å². The second-order valence-corrected chi connectivity index (χ2v) is 11.6. The van der Waals surface area contributed by atoms with Gasteiger partial charge in [0, 0.05) is 29.7 Å². The molecular weight excluding hydrogens is 496 g/mol. The third kappa shape index (κ3) is 5.69. The highest BCUT2D eigenvalue weighted by atomic mass is 32.2. The van der Waals surface area contributed by atoms with E-state index in [0.29, 0.717) is 23.8 Å². The Morgan fingerprint density at radius 3 is 2.37 bits per heavy atom. The van der Waals surface area contributed by atoms with Crippen LogP contribution in [0.15, 0.2) is 96.3 Å². The number of aromatic nitrogens is 4. The molecule has 0 bridgehead atoms. The molecule has 2 aromatic carbocycles. The van der Waals surface area contributed by atoms with Crippen molar-refractivity contribution in [1.29, 1.82) is 0 Å². The Kier molecular flexibility index (Phi) is 6.88. The lowest BCUT2D eigenvalue weighted by Crippen LogP contribution is -2.40. The predicted molar refractivity (Wildman–Crippen MR) is 150 cm³/mol. The largest absolute Gasteiger partial charge is 0.364 e. The van der Waals surface area contributed by atoms with Crippen LogP contribution in [0.2, 0.25) is 0 Å². The van der Waals surface area contributed by atoms with Crippen molar-refractivity contribution in [2.24, 2.45) is 0 Å². The minimum atomic E-state index is -3.78. The molecule has 0 aliphatic carbocycles. The smallest absolute Gasteiger partial charge is 0.242 e. The van der Waals surface area contributed by atoms with Crippen LogP contribution in [0.1, 0.15) is 26.5 Å². The quantitative estimate of drug-likeness (QED) is 0.292. The highest BCUT2D eigenvalue weighted by molar-refractivity contribution is 7.89. The van der Waals surface area contributed by atoms with E-state index in [2.05, 4.69) is 20.0 Å². The molecule has 0 spiro atoms. The molecule has 0 aliphatic heterocycles. The number of nitrogens with zero attached hydrogens (tertiary/aromatic N) is 4. The number of sulfonamides is 1. The molecule has 3 aromatic heterocycles. The summed E-state index contributed by atoms with van der Waals surface area (Å²) in [6.45, 7) is 5.83. The van der Waals surface area contributed by atoms with Crippen molar-refractivity contribution in [3.05, 3.63) is 97.1 Å². The standard InChI is InChI=1S/C29H28N6O2S/c1-29(2,3)35-38(36,37)23-16-21(17-30-19-23)27-33-25-14-9-13-24(20-10-5-4-6-11-20)26(25)28(34-27)32-18-22-12-7-8-15-31-22/h4-17,19,35H,18H2,1-3H3,(H,32,33,34). The number of anilines is 1. The lowest BCUT2D eigenvalue weighted by Gasteiger charge is -2.20. The molecule has 192 valence electrons. The first kappa shape index (κ1) is 25.4. The highest BCUT2D eigenvalue weighted by Crippen LogP contribution is 2.34. The number of rotatable bonds is 7. The van der Waals surface area contributed by atoms with Gasteiger partial charge in [0.15, 0.2) is 5.82 Å². The van der Waals surface area contributed by atoms with E-state index in [1.54, 1.807) is 39.2 Å². The summed E-state index contributed by atoms with van der Waals surface area (Å²) < 4.78 is 28.6. The molecule has 0 unspecified atom stereocenters. The van der Waals surface area contributed by atoms with Gasteiger partial charge >= 0.3 is 0 Å². The van der Waals surface area contributed by atoms with Crippen molar-refractivity contribution in [3.8, 4) is 22.5 Å². The first-order chi connectivity index (χ1) is 18.2. The SMILES string of the molecule is CC(C)(C)NS(=O)(=O)c1cncc(-c2nc(NCc3ccccn3)c3c(-c4ccccc4)cccc3n2)c1. The Hall–Kier alpha value is -4.21. The molecule has 8 nitrogen and oxygen atoms in total. The van der Waals surface area contributed by atoms with Crippen LogP contribution < -0.4 is 10.0 Å². The monoisotopic (exact) mass is 524 g/mol. The molecular formula is C29H28N6O2S. The van der Waals surface area contributed by atoms with Gasteiger partial charge in [0.2, 0.25) is 10.0 Å². The first-order valence-electron chi connectivity index (χ1n) is 12.2. The Morgan fingerprint density at radius 2 is 1.63 bits per heavy atom. The number of hydrogen-bond acceptors (Lipinski definition) is 7.